The summed E-state index contributed by atoms with van der Waals surface area (Å²) in [5, 5.41) is 0. The Morgan fingerprint density at radius 1 is 1.03 bits per heavy atom. The van der Waals surface area contributed by atoms with E-state index in [0.29, 0.717) is 37.4 Å². The number of piperazine rings is 1. The van der Waals surface area contributed by atoms with Crippen LogP contribution in [0.3, 0.4) is 0 Å². The smallest absolute Gasteiger partial charge is 0.259 e. The highest BCUT2D eigenvalue weighted by atomic mass is 16.5. The third kappa shape index (κ3) is 5.77. The van der Waals surface area contributed by atoms with Crippen LogP contribution in [0.1, 0.15) is 21.6 Å². The number of ether oxygens (including phenoxy) is 1. The lowest BCUT2D eigenvalue weighted by atomic mass is 10.1. The summed E-state index contributed by atoms with van der Waals surface area (Å²) in [6.07, 6.45) is 4.93. The predicted molar refractivity (Wildman–Crippen MR) is 141 cm³/mol. The summed E-state index contributed by atoms with van der Waals surface area (Å²) in [4.78, 5) is 34.9. The number of hydrogen-bond acceptors (Lipinski definition) is 6. The summed E-state index contributed by atoms with van der Waals surface area (Å²) in [5.41, 5.74) is 3.58. The van der Waals surface area contributed by atoms with Crippen molar-refractivity contribution in [3.8, 4) is 5.75 Å². The molecule has 1 amide bonds. The molecule has 1 fully saturated rings. The minimum atomic E-state index is -0.106. The molecular weight excluding hydrogens is 442 g/mol. The molecule has 4 rings (SSSR count). The molecule has 1 saturated heterocycles. The number of fused-ring (bicyclic) bond motifs is 1. The molecule has 0 saturated carbocycles. The fourth-order valence-corrected chi connectivity index (χ4v) is 4.76. The highest BCUT2D eigenvalue weighted by Gasteiger charge is 2.29. The van der Waals surface area contributed by atoms with Crippen LogP contribution in [0.4, 0.5) is 5.69 Å². The number of likely N-dealkylation sites (N-methyl/N-ethyl adjacent to an activating group) is 1. The Hall–Kier alpha value is -3.10. The van der Waals surface area contributed by atoms with Crippen molar-refractivity contribution in [2.45, 2.75) is 13.0 Å². The van der Waals surface area contributed by atoms with Crippen molar-refractivity contribution in [2.24, 2.45) is 0 Å². The molecule has 3 heterocycles. The normalized spacial score (nSPS) is 17.3. The largest absolute Gasteiger partial charge is 0.496 e. The van der Waals surface area contributed by atoms with Gasteiger partial charge in [0.25, 0.3) is 11.5 Å². The van der Waals surface area contributed by atoms with Crippen molar-refractivity contribution in [3.05, 3.63) is 63.6 Å². The monoisotopic (exact) mass is 479 g/mol. The molecule has 0 bridgehead atoms. The van der Waals surface area contributed by atoms with Crippen molar-refractivity contribution in [3.63, 3.8) is 0 Å². The zero-order chi connectivity index (χ0) is 24.9. The third-order valence-electron chi connectivity index (χ3n) is 6.99. The maximum atomic E-state index is 13.5. The van der Waals surface area contributed by atoms with Crippen LogP contribution in [0.15, 0.2) is 41.2 Å². The predicted octanol–water partition coefficient (Wildman–Crippen LogP) is 1.88. The lowest BCUT2D eigenvalue weighted by Gasteiger charge is -2.33. The first-order valence-corrected chi connectivity index (χ1v) is 12.3. The molecule has 0 atom stereocenters. The van der Waals surface area contributed by atoms with Crippen LogP contribution in [0, 0.1) is 0 Å². The molecule has 188 valence electrons. The van der Waals surface area contributed by atoms with Gasteiger partial charge in [-0.2, -0.15) is 0 Å². The minimum absolute atomic E-state index is 0.0341. The number of methoxy groups -OCH3 is 1. The first-order chi connectivity index (χ1) is 16.9. The van der Waals surface area contributed by atoms with E-state index in [0.717, 1.165) is 44.0 Å². The second-order valence-corrected chi connectivity index (χ2v) is 9.56. The Balaban J connectivity index is 1.49. The molecule has 1 aromatic carbocycles. The Morgan fingerprint density at radius 3 is 2.40 bits per heavy atom. The lowest BCUT2D eigenvalue weighted by molar-refractivity contribution is 0.0658. The zero-order valence-electron chi connectivity index (χ0n) is 21.4. The van der Waals surface area contributed by atoms with E-state index in [9.17, 15) is 9.59 Å². The molecule has 2 aliphatic heterocycles. The van der Waals surface area contributed by atoms with E-state index in [2.05, 4.69) is 58.2 Å². The molecule has 8 nitrogen and oxygen atoms in total. The van der Waals surface area contributed by atoms with Gasteiger partial charge in [-0.25, -0.2) is 0 Å². The first-order valence-electron chi connectivity index (χ1n) is 12.3. The molecule has 1 aromatic heterocycles. The second kappa shape index (κ2) is 11.1. The van der Waals surface area contributed by atoms with E-state index >= 15 is 0 Å². The van der Waals surface area contributed by atoms with Gasteiger partial charge in [0.15, 0.2) is 0 Å². The van der Waals surface area contributed by atoms with Crippen LogP contribution in [0.25, 0.3) is 6.08 Å². The Bertz CT molecular complexity index is 1110. The van der Waals surface area contributed by atoms with E-state index in [1.807, 2.05) is 19.0 Å². The number of carbonyl (C=O) groups excluding carboxylic acids is 1. The lowest BCUT2D eigenvalue weighted by Crippen LogP contribution is -2.47. The molecule has 2 aliphatic rings. The summed E-state index contributed by atoms with van der Waals surface area (Å²) >= 11 is 0. The number of carbonyl (C=O) groups is 1. The third-order valence-corrected chi connectivity index (χ3v) is 6.99. The van der Waals surface area contributed by atoms with Gasteiger partial charge in [0.05, 0.1) is 7.11 Å². The van der Waals surface area contributed by atoms with Gasteiger partial charge >= 0.3 is 0 Å². The van der Waals surface area contributed by atoms with Gasteiger partial charge < -0.3 is 24.0 Å². The molecular formula is C27H37N5O3. The number of rotatable bonds is 6. The van der Waals surface area contributed by atoms with Gasteiger partial charge in [-0.1, -0.05) is 24.3 Å². The average Bonchev–Trinajstić information content (AvgIpc) is 3.07. The quantitative estimate of drug-likeness (QED) is 0.631. The van der Waals surface area contributed by atoms with Gasteiger partial charge in [-0.05, 0) is 24.7 Å². The van der Waals surface area contributed by atoms with Gasteiger partial charge in [-0.15, -0.1) is 0 Å². The topological polar surface area (TPSA) is 61.3 Å². The number of hydrogen-bond donors (Lipinski definition) is 0. The SMILES string of the molecule is COc1cc(=O)n2c(c1C(=O)N1CCN(C)CC1)CCN(C/C=C/c1ccc(N(C)C)cc1)CC2. The summed E-state index contributed by atoms with van der Waals surface area (Å²) in [6.45, 7) is 5.95. The number of nitrogens with zero attached hydrogens (tertiary/aromatic N) is 5. The van der Waals surface area contributed by atoms with E-state index in [4.69, 9.17) is 4.74 Å². The average molecular weight is 480 g/mol. The van der Waals surface area contributed by atoms with Crippen LogP contribution >= 0.6 is 0 Å². The van der Waals surface area contributed by atoms with Crippen molar-refractivity contribution in [1.82, 2.24) is 19.3 Å². The minimum Gasteiger partial charge on any atom is -0.496 e. The molecule has 0 spiro atoms. The molecule has 35 heavy (non-hydrogen) atoms. The van der Waals surface area contributed by atoms with Crippen LogP contribution in [0.2, 0.25) is 0 Å². The van der Waals surface area contributed by atoms with Gasteiger partial charge in [-0.3, -0.25) is 14.5 Å². The number of amides is 1. The second-order valence-electron chi connectivity index (χ2n) is 9.56. The molecule has 0 unspecified atom stereocenters. The van der Waals surface area contributed by atoms with Crippen LogP contribution in [-0.2, 0) is 13.0 Å². The van der Waals surface area contributed by atoms with Gasteiger partial charge in [0.2, 0.25) is 0 Å². The Labute approximate surface area is 208 Å². The van der Waals surface area contributed by atoms with E-state index in [-0.39, 0.29) is 11.5 Å². The zero-order valence-corrected chi connectivity index (χ0v) is 21.4. The van der Waals surface area contributed by atoms with Crippen molar-refractivity contribution in [1.29, 1.82) is 0 Å². The maximum Gasteiger partial charge on any atom is 0.259 e. The van der Waals surface area contributed by atoms with Gasteiger partial charge in [0, 0.05) is 90.3 Å². The Kier molecular flexibility index (Phi) is 7.93. The fraction of sp³-hybridized carbons (Fsp3) is 0.481. The maximum absolute atomic E-state index is 13.5. The molecule has 2 aromatic rings. The Morgan fingerprint density at radius 2 is 1.74 bits per heavy atom. The summed E-state index contributed by atoms with van der Waals surface area (Å²) < 4.78 is 7.30. The van der Waals surface area contributed by atoms with Crippen molar-refractivity contribution in [2.75, 3.05) is 79.0 Å². The van der Waals surface area contributed by atoms with Crippen LogP contribution < -0.4 is 15.2 Å². The molecule has 8 heteroatoms. The number of benzene rings is 1. The molecule has 0 aliphatic carbocycles. The standard InChI is InChI=1S/C27H37N5O3/c1-28(2)22-9-7-21(8-10-22)6-5-12-30-13-11-23-26(27(34)31-17-14-29(3)15-18-31)24(35-4)20-25(33)32(23)19-16-30/h5-10,20H,11-19H2,1-4H3/b6-5+. The van der Waals surface area contributed by atoms with E-state index in [1.165, 1.54) is 18.9 Å². The first kappa shape index (κ1) is 25.0. The highest BCUT2D eigenvalue weighted by molar-refractivity contribution is 5.98. The van der Waals surface area contributed by atoms with Gasteiger partial charge in [0.1, 0.15) is 11.3 Å². The summed E-state index contributed by atoms with van der Waals surface area (Å²) in [7, 11) is 7.67. The van der Waals surface area contributed by atoms with E-state index in [1.54, 1.807) is 4.57 Å². The number of aromatic nitrogens is 1. The van der Waals surface area contributed by atoms with Crippen LogP contribution in [-0.4, -0.2) is 99.2 Å². The van der Waals surface area contributed by atoms with Crippen molar-refractivity contribution < 1.29 is 9.53 Å². The molecule has 0 radical (unpaired) electrons. The van der Waals surface area contributed by atoms with E-state index < -0.39 is 0 Å². The summed E-state index contributed by atoms with van der Waals surface area (Å²) in [6, 6.07) is 9.93. The highest BCUT2D eigenvalue weighted by Crippen LogP contribution is 2.25. The number of anilines is 1. The van der Waals surface area contributed by atoms with Crippen molar-refractivity contribution >= 4 is 17.7 Å². The fourth-order valence-electron chi connectivity index (χ4n) is 4.76. The number of pyridine rings is 1. The summed E-state index contributed by atoms with van der Waals surface area (Å²) in [5.74, 6) is 0.355. The van der Waals surface area contributed by atoms with Crippen LogP contribution in [0.5, 0.6) is 5.75 Å². The molecule has 0 N–H and O–H groups in total.